The number of thiophene rings is 1. The van der Waals surface area contributed by atoms with Gasteiger partial charge >= 0.3 is 0 Å². The van der Waals surface area contributed by atoms with Crippen LogP contribution in [0.5, 0.6) is 0 Å². The fraction of sp³-hybridized carbons (Fsp3) is 0.174. The first-order chi connectivity index (χ1) is 14.4. The summed E-state index contributed by atoms with van der Waals surface area (Å²) in [5, 5.41) is 13.1. The molecule has 0 radical (unpaired) electrons. The number of Topliss-reactive ketones (excluding diaryl/α,β-unsaturated/α-hetero) is 1. The van der Waals surface area contributed by atoms with Gasteiger partial charge in [-0.3, -0.25) is 14.6 Å². The highest BCUT2D eigenvalue weighted by Crippen LogP contribution is 2.43. The predicted octanol–water partition coefficient (Wildman–Crippen LogP) is 5.14. The lowest BCUT2D eigenvalue weighted by Crippen LogP contribution is -2.29. The summed E-state index contributed by atoms with van der Waals surface area (Å²) < 4.78 is 0.904. The molecule has 2 aromatic heterocycles. The number of likely N-dealkylation sites (tertiary alicyclic amines) is 1. The molecule has 7 heteroatoms. The Morgan fingerprint density at radius 3 is 2.63 bits per heavy atom. The second kappa shape index (κ2) is 8.16. The van der Waals surface area contributed by atoms with Gasteiger partial charge in [0.15, 0.2) is 0 Å². The Bertz CT molecular complexity index is 1170. The molecular weight excluding hydrogens is 464 g/mol. The average Bonchev–Trinajstić information content (AvgIpc) is 3.26. The molecule has 0 bridgehead atoms. The van der Waals surface area contributed by atoms with Crippen LogP contribution in [-0.2, 0) is 16.1 Å². The molecule has 3 aromatic rings. The Morgan fingerprint density at radius 1 is 1.20 bits per heavy atom. The van der Waals surface area contributed by atoms with Crippen LogP contribution in [0.15, 0.2) is 64.2 Å². The van der Waals surface area contributed by atoms with E-state index < -0.39 is 17.7 Å². The van der Waals surface area contributed by atoms with Crippen molar-refractivity contribution in [3.05, 3.63) is 91.3 Å². The van der Waals surface area contributed by atoms with Crippen molar-refractivity contribution in [1.82, 2.24) is 9.88 Å². The van der Waals surface area contributed by atoms with Crippen molar-refractivity contribution in [2.45, 2.75) is 26.4 Å². The van der Waals surface area contributed by atoms with Crippen LogP contribution < -0.4 is 0 Å². The number of halogens is 1. The highest BCUT2D eigenvalue weighted by molar-refractivity contribution is 9.10. The number of hydrogen-bond acceptors (Lipinski definition) is 5. The van der Waals surface area contributed by atoms with Gasteiger partial charge in [0.25, 0.3) is 11.7 Å². The number of pyridine rings is 1. The summed E-state index contributed by atoms with van der Waals surface area (Å²) >= 11 is 4.92. The standard InChI is InChI=1S/C23H19BrN2O3S/c1-13-7-9-30-22(13)19-18(20(27)16-5-6-17(24)14(2)10-16)21(28)23(29)26(19)12-15-4-3-8-25-11-15/h3-11,19,27H,12H2,1-2H3/b20-18-. The zero-order valence-electron chi connectivity index (χ0n) is 16.4. The summed E-state index contributed by atoms with van der Waals surface area (Å²) in [6.07, 6.45) is 3.34. The maximum atomic E-state index is 13.1. The van der Waals surface area contributed by atoms with E-state index in [1.165, 1.54) is 16.2 Å². The molecule has 1 aliphatic rings. The number of nitrogens with zero attached hydrogens (tertiary/aromatic N) is 2. The minimum atomic E-state index is -0.672. The quantitative estimate of drug-likeness (QED) is 0.317. The van der Waals surface area contributed by atoms with Gasteiger partial charge in [0.05, 0.1) is 5.57 Å². The number of carbonyl (C=O) groups is 2. The molecule has 152 valence electrons. The molecular formula is C23H19BrN2O3S. The van der Waals surface area contributed by atoms with E-state index in [1.54, 1.807) is 30.6 Å². The third kappa shape index (κ3) is 3.59. The molecule has 1 aliphatic heterocycles. The first-order valence-corrected chi connectivity index (χ1v) is 11.0. The van der Waals surface area contributed by atoms with Crippen molar-refractivity contribution >= 4 is 44.7 Å². The van der Waals surface area contributed by atoms with Crippen LogP contribution >= 0.6 is 27.3 Å². The van der Waals surface area contributed by atoms with Crippen LogP contribution in [0.1, 0.15) is 33.2 Å². The Morgan fingerprint density at radius 2 is 2.00 bits per heavy atom. The number of benzene rings is 1. The second-order valence-electron chi connectivity index (χ2n) is 7.22. The van der Waals surface area contributed by atoms with Crippen LogP contribution in [0, 0.1) is 13.8 Å². The van der Waals surface area contributed by atoms with Crippen molar-refractivity contribution < 1.29 is 14.7 Å². The smallest absolute Gasteiger partial charge is 0.295 e. The van der Waals surface area contributed by atoms with Crippen LogP contribution in [0.4, 0.5) is 0 Å². The van der Waals surface area contributed by atoms with E-state index in [1.807, 2.05) is 37.4 Å². The molecule has 1 saturated heterocycles. The molecule has 1 atom stereocenters. The molecule has 1 aromatic carbocycles. The molecule has 1 fully saturated rings. The van der Waals surface area contributed by atoms with E-state index >= 15 is 0 Å². The topological polar surface area (TPSA) is 70.5 Å². The Labute approximate surface area is 186 Å². The first-order valence-electron chi connectivity index (χ1n) is 9.36. The maximum absolute atomic E-state index is 13.1. The third-order valence-corrected chi connectivity index (χ3v) is 7.16. The number of hydrogen-bond donors (Lipinski definition) is 1. The Balaban J connectivity index is 1.87. The zero-order valence-corrected chi connectivity index (χ0v) is 18.8. The lowest BCUT2D eigenvalue weighted by molar-refractivity contribution is -0.140. The van der Waals surface area contributed by atoms with Crippen LogP contribution in [0.25, 0.3) is 5.76 Å². The van der Waals surface area contributed by atoms with Crippen LogP contribution in [0.3, 0.4) is 0 Å². The second-order valence-corrected chi connectivity index (χ2v) is 9.02. The Kier molecular flexibility index (Phi) is 5.58. The highest BCUT2D eigenvalue weighted by atomic mass is 79.9. The highest BCUT2D eigenvalue weighted by Gasteiger charge is 2.47. The molecule has 5 nitrogen and oxygen atoms in total. The average molecular weight is 483 g/mol. The lowest BCUT2D eigenvalue weighted by atomic mass is 9.97. The molecule has 0 saturated carbocycles. The Hall–Kier alpha value is -2.77. The minimum absolute atomic E-state index is 0.121. The third-order valence-electron chi connectivity index (χ3n) is 5.20. The van der Waals surface area contributed by atoms with Crippen molar-refractivity contribution in [1.29, 1.82) is 0 Å². The maximum Gasteiger partial charge on any atom is 0.295 e. The van der Waals surface area contributed by atoms with E-state index in [0.717, 1.165) is 26.0 Å². The monoisotopic (exact) mass is 482 g/mol. The lowest BCUT2D eigenvalue weighted by Gasteiger charge is -2.25. The van der Waals surface area contributed by atoms with E-state index in [0.29, 0.717) is 5.56 Å². The van der Waals surface area contributed by atoms with Gasteiger partial charge in [-0.1, -0.05) is 28.1 Å². The summed E-state index contributed by atoms with van der Waals surface area (Å²) in [6, 6.07) is 10.3. The SMILES string of the molecule is Cc1cc(/C(O)=C2/C(=O)C(=O)N(Cc3cccnc3)C2c2sccc2C)ccc1Br. The van der Waals surface area contributed by atoms with Gasteiger partial charge in [0, 0.05) is 33.9 Å². The van der Waals surface area contributed by atoms with E-state index in [4.69, 9.17) is 0 Å². The number of amides is 1. The molecule has 1 N–H and O–H groups in total. The fourth-order valence-electron chi connectivity index (χ4n) is 3.62. The van der Waals surface area contributed by atoms with Gasteiger partial charge in [-0.2, -0.15) is 0 Å². The van der Waals surface area contributed by atoms with E-state index in [9.17, 15) is 14.7 Å². The minimum Gasteiger partial charge on any atom is -0.507 e. The summed E-state index contributed by atoms with van der Waals surface area (Å²) in [6.45, 7) is 4.08. The van der Waals surface area contributed by atoms with Gasteiger partial charge < -0.3 is 10.0 Å². The molecule has 0 spiro atoms. The number of rotatable bonds is 4. The van der Waals surface area contributed by atoms with Crippen molar-refractivity contribution in [2.24, 2.45) is 0 Å². The van der Waals surface area contributed by atoms with Gasteiger partial charge in [0.1, 0.15) is 11.8 Å². The number of aromatic nitrogens is 1. The molecule has 3 heterocycles. The van der Waals surface area contributed by atoms with Crippen LogP contribution in [0.2, 0.25) is 0 Å². The fourth-order valence-corrected chi connectivity index (χ4v) is 4.91. The normalized spacial score (nSPS) is 18.2. The summed E-state index contributed by atoms with van der Waals surface area (Å²) in [5.41, 5.74) is 3.34. The number of ketones is 1. The van der Waals surface area contributed by atoms with Gasteiger partial charge in [0.2, 0.25) is 0 Å². The van der Waals surface area contributed by atoms with Gasteiger partial charge in [-0.25, -0.2) is 0 Å². The summed E-state index contributed by atoms with van der Waals surface area (Å²) in [5.74, 6) is -1.45. The number of aliphatic hydroxyl groups excluding tert-OH is 1. The van der Waals surface area contributed by atoms with Crippen molar-refractivity contribution in [3.63, 3.8) is 0 Å². The predicted molar refractivity (Wildman–Crippen MR) is 120 cm³/mol. The number of aliphatic hydroxyl groups is 1. The van der Waals surface area contributed by atoms with Gasteiger partial charge in [-0.05, 0) is 60.2 Å². The summed E-state index contributed by atoms with van der Waals surface area (Å²) in [7, 11) is 0. The number of aryl methyl sites for hydroxylation is 2. The largest absolute Gasteiger partial charge is 0.507 e. The number of carbonyl (C=O) groups excluding carboxylic acids is 2. The molecule has 30 heavy (non-hydrogen) atoms. The first kappa shape index (κ1) is 20.5. The zero-order chi connectivity index (χ0) is 21.4. The van der Waals surface area contributed by atoms with Crippen LogP contribution in [-0.4, -0.2) is 26.7 Å². The molecule has 1 unspecified atom stereocenters. The molecule has 4 rings (SSSR count). The van der Waals surface area contributed by atoms with E-state index in [2.05, 4.69) is 20.9 Å². The van der Waals surface area contributed by atoms with Crippen molar-refractivity contribution in [2.75, 3.05) is 0 Å². The summed E-state index contributed by atoms with van der Waals surface area (Å²) in [4.78, 5) is 32.6. The molecule has 1 amide bonds. The van der Waals surface area contributed by atoms with Gasteiger partial charge in [-0.15, -0.1) is 11.3 Å². The van der Waals surface area contributed by atoms with E-state index in [-0.39, 0.29) is 17.9 Å². The van der Waals surface area contributed by atoms with Crippen molar-refractivity contribution in [3.8, 4) is 0 Å². The molecule has 0 aliphatic carbocycles.